The number of hydrogen-bond donors (Lipinski definition) is 2. The summed E-state index contributed by atoms with van der Waals surface area (Å²) in [4.78, 5) is 30.1. The van der Waals surface area contributed by atoms with E-state index in [-0.39, 0.29) is 36.7 Å². The molecular weight excluding hydrogens is 552 g/mol. The molecule has 3 heterocycles. The van der Waals surface area contributed by atoms with Crippen molar-refractivity contribution >= 4 is 27.4 Å². The number of benzene rings is 1. The average Bonchev–Trinajstić information content (AvgIpc) is 2.86. The Labute approximate surface area is 220 Å². The Hall–Kier alpha value is -3.36. The van der Waals surface area contributed by atoms with Crippen LogP contribution in [0.3, 0.4) is 0 Å². The van der Waals surface area contributed by atoms with Gasteiger partial charge in [-0.15, -0.1) is 0 Å². The fourth-order valence-corrected chi connectivity index (χ4v) is 6.50. The Morgan fingerprint density at radius 1 is 1.28 bits per heavy atom. The largest absolute Gasteiger partial charge is 0.474 e. The van der Waals surface area contributed by atoms with Gasteiger partial charge in [0.05, 0.1) is 33.0 Å². The monoisotopic (exact) mass is 577 g/mol. The summed E-state index contributed by atoms with van der Waals surface area (Å²) in [5, 5.41) is 6.12. The van der Waals surface area contributed by atoms with Crippen molar-refractivity contribution in [3.63, 3.8) is 0 Å². The number of piperidine rings is 1. The van der Waals surface area contributed by atoms with E-state index in [1.54, 1.807) is 6.92 Å². The second kappa shape index (κ2) is 10.7. The Morgan fingerprint density at radius 3 is 2.59 bits per heavy atom. The standard InChI is InChI=1S/C24H25F6N5O3S/c1-12(14-4-3-5-15(18(14)25)19(26)27)33-20-17-10-16(22(36)35(2)21(17)32-11-31-20)13-6-8-39(38,9-7-13)34-23(37)24(28,29)30/h3-6,12,16,19,31,33H,7-11H2,1-2H3/t12-,16?,39?/m1/s1. The lowest BCUT2D eigenvalue weighted by Crippen LogP contribution is -2.49. The number of rotatable bonds is 5. The first kappa shape index (κ1) is 28.6. The summed E-state index contributed by atoms with van der Waals surface area (Å²) in [5.41, 5.74) is 0.408. The van der Waals surface area contributed by atoms with Crippen LogP contribution in [0.5, 0.6) is 0 Å². The van der Waals surface area contributed by atoms with E-state index in [1.807, 2.05) is 0 Å². The van der Waals surface area contributed by atoms with Gasteiger partial charge in [-0.1, -0.05) is 29.8 Å². The number of carbonyl (C=O) groups excluding carboxylic acids is 2. The van der Waals surface area contributed by atoms with Crippen LogP contribution in [0.4, 0.5) is 26.3 Å². The highest BCUT2D eigenvalue weighted by atomic mass is 32.2. The van der Waals surface area contributed by atoms with E-state index >= 15 is 0 Å². The first-order valence-corrected chi connectivity index (χ1v) is 13.7. The topological polar surface area (TPSA) is 103 Å². The molecule has 15 heteroatoms. The number of nitrogens with one attached hydrogen (secondary N) is 2. The van der Waals surface area contributed by atoms with E-state index in [0.29, 0.717) is 22.8 Å². The summed E-state index contributed by atoms with van der Waals surface area (Å²) in [6.45, 7) is 1.69. The molecule has 3 atom stereocenters. The normalized spacial score (nSPS) is 24.5. The molecule has 0 saturated carbocycles. The number of nitrogens with zero attached hydrogens (tertiary/aromatic N) is 3. The van der Waals surface area contributed by atoms with E-state index in [9.17, 15) is 40.1 Å². The molecule has 1 saturated heterocycles. The lowest BCUT2D eigenvalue weighted by molar-refractivity contribution is -0.169. The van der Waals surface area contributed by atoms with Crippen LogP contribution < -0.4 is 10.6 Å². The Balaban J connectivity index is 1.61. The first-order valence-electron chi connectivity index (χ1n) is 11.9. The van der Waals surface area contributed by atoms with Crippen molar-refractivity contribution in [3.05, 3.63) is 58.2 Å². The van der Waals surface area contributed by atoms with Gasteiger partial charge in [-0.3, -0.25) is 14.5 Å². The molecule has 39 heavy (non-hydrogen) atoms. The van der Waals surface area contributed by atoms with Crippen molar-refractivity contribution in [2.45, 2.75) is 38.4 Å². The number of halogens is 6. The fraction of sp³-hybridized carbons (Fsp3) is 0.458. The van der Waals surface area contributed by atoms with Crippen LogP contribution >= 0.6 is 0 Å². The molecule has 3 aliphatic rings. The minimum atomic E-state index is -5.23. The summed E-state index contributed by atoms with van der Waals surface area (Å²) in [5.74, 6) is -4.45. The second-order valence-corrected chi connectivity index (χ2v) is 11.8. The maximum atomic E-state index is 14.7. The lowest BCUT2D eigenvalue weighted by atomic mass is 9.84. The quantitative estimate of drug-likeness (QED) is 0.408. The van der Waals surface area contributed by atoms with Gasteiger partial charge in [-0.2, -0.15) is 17.5 Å². The average molecular weight is 578 g/mol. The van der Waals surface area contributed by atoms with Gasteiger partial charge < -0.3 is 10.6 Å². The van der Waals surface area contributed by atoms with Crippen LogP contribution in [0.1, 0.15) is 43.4 Å². The van der Waals surface area contributed by atoms with E-state index in [2.05, 4.69) is 20.0 Å². The van der Waals surface area contributed by atoms with Gasteiger partial charge in [0.15, 0.2) is 0 Å². The van der Waals surface area contributed by atoms with Crippen molar-refractivity contribution in [2.75, 3.05) is 25.2 Å². The second-order valence-electron chi connectivity index (χ2n) is 9.31. The third-order valence-electron chi connectivity index (χ3n) is 6.79. The van der Waals surface area contributed by atoms with Crippen molar-refractivity contribution in [1.82, 2.24) is 15.5 Å². The van der Waals surface area contributed by atoms with Crippen LogP contribution in [0.25, 0.3) is 0 Å². The van der Waals surface area contributed by atoms with Gasteiger partial charge in [0.1, 0.15) is 24.1 Å². The summed E-state index contributed by atoms with van der Waals surface area (Å²) in [6, 6.07) is 2.99. The number of fused-ring (bicyclic) bond motifs is 1. The minimum Gasteiger partial charge on any atom is -0.365 e. The number of aliphatic imine (C=N–C) groups is 1. The third-order valence-corrected chi connectivity index (χ3v) is 8.82. The zero-order valence-corrected chi connectivity index (χ0v) is 21.6. The Kier molecular flexibility index (Phi) is 7.83. The van der Waals surface area contributed by atoms with E-state index < -0.39 is 57.3 Å². The number of hydrogen-bond acceptors (Lipinski definition) is 6. The summed E-state index contributed by atoms with van der Waals surface area (Å²) in [7, 11) is -1.96. The SMILES string of the molecule is C[C@@H](NC1=C2CC(C3=CCS(=O)(=NC(=O)C(F)(F)F)CC3)C(=O)N(C)C2=NCN1)c1cccc(C(F)F)c1F. The third kappa shape index (κ3) is 5.82. The highest BCUT2D eigenvalue weighted by molar-refractivity contribution is 7.94. The maximum Gasteiger partial charge on any atom is 0.474 e. The Morgan fingerprint density at radius 2 is 1.97 bits per heavy atom. The molecule has 3 aliphatic heterocycles. The molecular formula is C24H25F6N5O3S. The molecule has 0 radical (unpaired) electrons. The molecule has 0 bridgehead atoms. The highest BCUT2D eigenvalue weighted by Gasteiger charge is 2.42. The molecule has 8 nitrogen and oxygen atoms in total. The summed E-state index contributed by atoms with van der Waals surface area (Å²) >= 11 is 0. The van der Waals surface area contributed by atoms with Crippen molar-refractivity contribution in [3.8, 4) is 0 Å². The predicted octanol–water partition coefficient (Wildman–Crippen LogP) is 3.95. The molecule has 0 aliphatic carbocycles. The van der Waals surface area contributed by atoms with Crippen molar-refractivity contribution in [1.29, 1.82) is 0 Å². The highest BCUT2D eigenvalue weighted by Crippen LogP contribution is 2.35. The number of alkyl halides is 5. The molecule has 212 valence electrons. The van der Waals surface area contributed by atoms with E-state index in [4.69, 9.17) is 0 Å². The number of amides is 2. The van der Waals surface area contributed by atoms with Crippen LogP contribution in [-0.2, 0) is 19.3 Å². The number of likely N-dealkylation sites (tertiary alicyclic amines) is 1. The number of likely N-dealkylation sites (N-methyl/N-ethyl adjacent to an activating group) is 1. The molecule has 2 unspecified atom stereocenters. The predicted molar refractivity (Wildman–Crippen MR) is 130 cm³/mol. The fourth-order valence-electron chi connectivity index (χ4n) is 4.73. The van der Waals surface area contributed by atoms with Crippen LogP contribution in [0, 0.1) is 11.7 Å². The molecule has 2 amide bonds. The van der Waals surface area contributed by atoms with Gasteiger partial charge in [-0.25, -0.2) is 22.4 Å². The molecule has 1 aromatic rings. The van der Waals surface area contributed by atoms with Crippen LogP contribution in [-0.4, -0.2) is 58.2 Å². The lowest BCUT2D eigenvalue weighted by Gasteiger charge is -2.38. The van der Waals surface area contributed by atoms with Crippen LogP contribution in [0.15, 0.2) is 50.6 Å². The number of carbonyl (C=O) groups is 2. The summed E-state index contributed by atoms with van der Waals surface area (Å²) < 4.78 is 94.5. The van der Waals surface area contributed by atoms with Crippen molar-refractivity contribution < 1.29 is 40.1 Å². The van der Waals surface area contributed by atoms with Gasteiger partial charge in [0.2, 0.25) is 5.91 Å². The smallest absolute Gasteiger partial charge is 0.365 e. The number of amidine groups is 1. The first-order chi connectivity index (χ1) is 18.2. The zero-order valence-electron chi connectivity index (χ0n) is 20.8. The van der Waals surface area contributed by atoms with Crippen molar-refractivity contribution in [2.24, 2.45) is 15.3 Å². The van der Waals surface area contributed by atoms with E-state index in [1.165, 1.54) is 30.2 Å². The molecule has 0 spiro atoms. The molecule has 2 N–H and O–H groups in total. The van der Waals surface area contributed by atoms with Crippen LogP contribution in [0.2, 0.25) is 0 Å². The molecule has 4 rings (SSSR count). The Bertz CT molecular complexity index is 1410. The zero-order chi connectivity index (χ0) is 28.7. The summed E-state index contributed by atoms with van der Waals surface area (Å²) in [6.07, 6.45) is -6.70. The van der Waals surface area contributed by atoms with E-state index in [0.717, 1.165) is 6.07 Å². The van der Waals surface area contributed by atoms with Gasteiger partial charge >= 0.3 is 12.1 Å². The molecule has 0 aromatic heterocycles. The molecule has 1 fully saturated rings. The maximum absolute atomic E-state index is 14.7. The van der Waals surface area contributed by atoms with Gasteiger partial charge in [-0.05, 0) is 19.8 Å². The van der Waals surface area contributed by atoms with Gasteiger partial charge in [0, 0.05) is 23.9 Å². The minimum absolute atomic E-state index is 0.00427. The van der Waals surface area contributed by atoms with Gasteiger partial charge in [0.25, 0.3) is 6.43 Å². The molecule has 1 aromatic carbocycles.